The van der Waals surface area contributed by atoms with Gasteiger partial charge in [0.1, 0.15) is 0 Å². The molecule has 7 nitrogen and oxygen atoms in total. The highest BCUT2D eigenvalue weighted by atomic mass is 32.2. The number of thioether (sulfide) groups is 1. The second-order valence-corrected chi connectivity index (χ2v) is 10.8. The monoisotopic (exact) mass is 506 g/mol. The zero-order valence-electron chi connectivity index (χ0n) is 21.7. The summed E-state index contributed by atoms with van der Waals surface area (Å²) in [6.07, 6.45) is 3.21. The van der Waals surface area contributed by atoms with E-state index in [-0.39, 0.29) is 11.9 Å². The number of nitrogens with one attached hydrogen (secondary N) is 4. The smallest absolute Gasteiger partial charge is 0.252 e. The molecule has 4 rings (SSSR count). The van der Waals surface area contributed by atoms with Gasteiger partial charge in [-0.1, -0.05) is 6.07 Å². The third-order valence-corrected chi connectivity index (χ3v) is 8.02. The van der Waals surface area contributed by atoms with Crippen LogP contribution in [0.5, 0.6) is 0 Å². The van der Waals surface area contributed by atoms with E-state index >= 15 is 0 Å². The number of hydrogen-bond donors (Lipinski definition) is 4. The first-order valence-electron chi connectivity index (χ1n) is 12.6. The van der Waals surface area contributed by atoms with Crippen molar-refractivity contribution in [1.82, 2.24) is 16.0 Å². The van der Waals surface area contributed by atoms with Gasteiger partial charge in [0.2, 0.25) is 0 Å². The summed E-state index contributed by atoms with van der Waals surface area (Å²) in [5.74, 6) is 2.15. The van der Waals surface area contributed by atoms with E-state index in [9.17, 15) is 4.79 Å². The molecule has 0 bridgehead atoms. The van der Waals surface area contributed by atoms with Crippen molar-refractivity contribution < 1.29 is 4.79 Å². The zero-order valence-corrected chi connectivity index (χ0v) is 22.5. The van der Waals surface area contributed by atoms with Crippen LogP contribution in [-0.4, -0.2) is 69.9 Å². The van der Waals surface area contributed by atoms with Gasteiger partial charge in [0.25, 0.3) is 5.91 Å². The predicted octanol–water partition coefficient (Wildman–Crippen LogP) is 3.66. The Kier molecular flexibility index (Phi) is 8.59. The third-order valence-electron chi connectivity index (χ3n) is 7.07. The Labute approximate surface area is 219 Å². The number of carbonyl (C=O) groups excluding carboxylic acids is 1. The molecule has 2 fully saturated rings. The molecule has 192 valence electrons. The summed E-state index contributed by atoms with van der Waals surface area (Å²) in [7, 11) is 3.83. The molecule has 0 aromatic heterocycles. The number of allylic oxidation sites excluding steroid dienone is 1. The molecule has 1 amide bonds. The normalized spacial score (nSPS) is 17.4. The second kappa shape index (κ2) is 11.8. The fourth-order valence-electron chi connectivity index (χ4n) is 4.70. The number of amides is 1. The van der Waals surface area contributed by atoms with Gasteiger partial charge in [-0.2, -0.15) is 11.8 Å². The van der Waals surface area contributed by atoms with E-state index in [0.29, 0.717) is 11.6 Å². The molecule has 0 radical (unpaired) electrons. The van der Waals surface area contributed by atoms with Crippen molar-refractivity contribution in [3.05, 3.63) is 64.9 Å². The lowest BCUT2D eigenvalue weighted by Gasteiger charge is -2.41. The molecule has 2 aromatic rings. The number of rotatable bonds is 9. The second-order valence-electron chi connectivity index (χ2n) is 9.53. The van der Waals surface area contributed by atoms with Crippen LogP contribution in [0.4, 0.5) is 11.4 Å². The van der Waals surface area contributed by atoms with Gasteiger partial charge < -0.3 is 31.2 Å². The van der Waals surface area contributed by atoms with Gasteiger partial charge in [-0.05, 0) is 67.9 Å². The molecule has 0 spiro atoms. The van der Waals surface area contributed by atoms with Crippen LogP contribution < -0.4 is 25.8 Å². The highest BCUT2D eigenvalue weighted by Crippen LogP contribution is 2.29. The highest BCUT2D eigenvalue weighted by molar-refractivity contribution is 7.99. The minimum absolute atomic E-state index is 0.0630. The van der Waals surface area contributed by atoms with Crippen molar-refractivity contribution in [2.24, 2.45) is 0 Å². The summed E-state index contributed by atoms with van der Waals surface area (Å²) in [5, 5.41) is 17.5. The van der Waals surface area contributed by atoms with Gasteiger partial charge in [0.05, 0.1) is 6.04 Å². The summed E-state index contributed by atoms with van der Waals surface area (Å²) in [5.41, 5.74) is 6.73. The average molecular weight is 507 g/mol. The van der Waals surface area contributed by atoms with Crippen molar-refractivity contribution in [2.75, 3.05) is 61.6 Å². The molecule has 2 aromatic carbocycles. The third kappa shape index (κ3) is 5.87. The highest BCUT2D eigenvalue weighted by Gasteiger charge is 2.26. The molecule has 0 unspecified atom stereocenters. The van der Waals surface area contributed by atoms with E-state index in [0.717, 1.165) is 71.3 Å². The van der Waals surface area contributed by atoms with Crippen LogP contribution in [0, 0.1) is 12.3 Å². The number of nitrogens with zero attached hydrogens (tertiary/aromatic N) is 2. The van der Waals surface area contributed by atoms with Crippen LogP contribution in [0.15, 0.2) is 42.6 Å². The Hall–Kier alpha value is -2.97. The lowest BCUT2D eigenvalue weighted by Crippen LogP contribution is -2.57. The summed E-state index contributed by atoms with van der Waals surface area (Å²) in [4.78, 5) is 18.1. The molecule has 2 aliphatic heterocycles. The Morgan fingerprint density at radius 1 is 1.08 bits per heavy atom. The SMILES string of the molecule is CN/C=C(\C=N)c1cc([C@@H](C)NC(=O)c2cc(N3CC(NC)C3)ccc2C)cc(N2CCSCC2)c1. The van der Waals surface area contributed by atoms with Gasteiger partial charge in [0.15, 0.2) is 0 Å². The van der Waals surface area contributed by atoms with Crippen molar-refractivity contribution in [2.45, 2.75) is 25.9 Å². The quantitative estimate of drug-likeness (QED) is 0.389. The van der Waals surface area contributed by atoms with E-state index in [4.69, 9.17) is 5.41 Å². The summed E-state index contributed by atoms with van der Waals surface area (Å²) in [6.45, 7) is 7.93. The zero-order chi connectivity index (χ0) is 25.7. The molecule has 0 aliphatic carbocycles. The number of anilines is 2. The summed E-state index contributed by atoms with van der Waals surface area (Å²) in [6, 6.07) is 12.9. The molecule has 1 atom stereocenters. The largest absolute Gasteiger partial charge is 0.393 e. The van der Waals surface area contributed by atoms with E-state index in [1.807, 2.05) is 58.0 Å². The van der Waals surface area contributed by atoms with Gasteiger partial charge in [-0.15, -0.1) is 0 Å². The molecule has 36 heavy (non-hydrogen) atoms. The molecule has 2 heterocycles. The Morgan fingerprint density at radius 3 is 2.50 bits per heavy atom. The topological polar surface area (TPSA) is 83.5 Å². The van der Waals surface area contributed by atoms with Crippen LogP contribution >= 0.6 is 11.8 Å². The minimum atomic E-state index is -0.183. The number of carbonyl (C=O) groups is 1. The Morgan fingerprint density at radius 2 is 1.83 bits per heavy atom. The van der Waals surface area contributed by atoms with Gasteiger partial charge in [-0.25, -0.2) is 0 Å². The van der Waals surface area contributed by atoms with Gasteiger partial charge >= 0.3 is 0 Å². The maximum atomic E-state index is 13.4. The molecule has 4 N–H and O–H groups in total. The average Bonchev–Trinajstić information content (AvgIpc) is 2.87. The van der Waals surface area contributed by atoms with Crippen molar-refractivity contribution >= 4 is 40.8 Å². The van der Waals surface area contributed by atoms with E-state index in [2.05, 4.69) is 50.0 Å². The standard InChI is InChI=1S/C28H38N6OS/c1-19-5-6-25(34-17-24(18-34)31-4)14-27(19)28(35)32-20(2)21-11-22(23(15-29)16-30-3)13-26(12-21)33-7-9-36-10-8-33/h5-6,11-16,20,24,29-31H,7-10,17-18H2,1-4H3,(H,32,35)/b23-16+,29-15?/t20-/m1/s1. The maximum absolute atomic E-state index is 13.4. The van der Waals surface area contributed by atoms with E-state index in [1.165, 1.54) is 6.21 Å². The number of benzene rings is 2. The first kappa shape index (κ1) is 26.1. The lowest BCUT2D eigenvalue weighted by atomic mass is 9.98. The minimum Gasteiger partial charge on any atom is -0.393 e. The fourth-order valence-corrected chi connectivity index (χ4v) is 5.60. The van der Waals surface area contributed by atoms with Gasteiger partial charge in [-0.3, -0.25) is 4.79 Å². The van der Waals surface area contributed by atoms with Crippen LogP contribution in [0.3, 0.4) is 0 Å². The maximum Gasteiger partial charge on any atom is 0.252 e. The molecular formula is C28H38N6OS. The summed E-state index contributed by atoms with van der Waals surface area (Å²) < 4.78 is 0. The van der Waals surface area contributed by atoms with Crippen molar-refractivity contribution in [3.8, 4) is 0 Å². The Balaban J connectivity index is 1.58. The van der Waals surface area contributed by atoms with E-state index < -0.39 is 0 Å². The first-order chi connectivity index (χ1) is 17.4. The lowest BCUT2D eigenvalue weighted by molar-refractivity contribution is 0.0939. The van der Waals surface area contributed by atoms with Gasteiger partial charge in [0, 0.05) is 85.7 Å². The fraction of sp³-hybridized carbons (Fsp3) is 0.429. The van der Waals surface area contributed by atoms with Crippen LogP contribution in [0.2, 0.25) is 0 Å². The Bertz CT molecular complexity index is 1120. The van der Waals surface area contributed by atoms with Crippen LogP contribution in [0.25, 0.3) is 5.57 Å². The van der Waals surface area contributed by atoms with Crippen molar-refractivity contribution in [3.63, 3.8) is 0 Å². The predicted molar refractivity (Wildman–Crippen MR) is 154 cm³/mol. The van der Waals surface area contributed by atoms with E-state index in [1.54, 1.807) is 0 Å². The van der Waals surface area contributed by atoms with Crippen LogP contribution in [0.1, 0.15) is 40.0 Å². The summed E-state index contributed by atoms with van der Waals surface area (Å²) >= 11 is 1.98. The van der Waals surface area contributed by atoms with Crippen molar-refractivity contribution in [1.29, 1.82) is 5.41 Å². The molecule has 0 saturated carbocycles. The number of likely N-dealkylation sites (N-methyl/N-ethyl adjacent to an activating group) is 1. The molecule has 2 saturated heterocycles. The van der Waals surface area contributed by atoms with Crippen LogP contribution in [-0.2, 0) is 0 Å². The number of hydrogen-bond acceptors (Lipinski definition) is 7. The molecular weight excluding hydrogens is 468 g/mol. The molecule has 8 heteroatoms. The first-order valence-corrected chi connectivity index (χ1v) is 13.8. The molecule has 2 aliphatic rings. The number of aryl methyl sites for hydroxylation is 1.